The molecule has 0 atom stereocenters. The van der Waals surface area contributed by atoms with Crippen LogP contribution < -0.4 is 0 Å². The van der Waals surface area contributed by atoms with Gasteiger partial charge < -0.3 is 4.90 Å². The van der Waals surface area contributed by atoms with Gasteiger partial charge in [0.2, 0.25) is 0 Å². The van der Waals surface area contributed by atoms with Crippen LogP contribution in [0.2, 0.25) is 10.0 Å². The zero-order valence-electron chi connectivity index (χ0n) is 14.9. The Kier molecular flexibility index (Phi) is 6.06. The molecule has 2 aromatic rings. The number of amides is 1. The largest absolute Gasteiger partial charge is 0.338 e. The third kappa shape index (κ3) is 3.98. The number of benzene rings is 1. The fourth-order valence-electron chi connectivity index (χ4n) is 3.36. The van der Waals surface area contributed by atoms with Crippen molar-refractivity contribution in [3.05, 3.63) is 55.2 Å². The van der Waals surface area contributed by atoms with Gasteiger partial charge in [-0.1, -0.05) is 30.1 Å². The molecule has 1 aliphatic rings. The van der Waals surface area contributed by atoms with Gasteiger partial charge in [0.05, 0.1) is 14.9 Å². The summed E-state index contributed by atoms with van der Waals surface area (Å²) in [5.74, 6) is 0.0849. The first kappa shape index (κ1) is 19.4. The molecule has 0 spiro atoms. The number of aryl methyl sites for hydroxylation is 2. The molecule has 1 aliphatic heterocycles. The number of carbonyl (C=O) groups is 2. The van der Waals surface area contributed by atoms with Gasteiger partial charge in [-0.3, -0.25) is 9.59 Å². The number of rotatable bonds is 4. The van der Waals surface area contributed by atoms with Crippen molar-refractivity contribution in [2.75, 3.05) is 13.1 Å². The maximum absolute atomic E-state index is 12.7. The highest BCUT2D eigenvalue weighted by molar-refractivity contribution is 7.14. The van der Waals surface area contributed by atoms with Gasteiger partial charge in [-0.05, 0) is 56.0 Å². The van der Waals surface area contributed by atoms with Crippen LogP contribution in [-0.4, -0.2) is 29.7 Å². The zero-order valence-corrected chi connectivity index (χ0v) is 17.2. The highest BCUT2D eigenvalue weighted by Crippen LogP contribution is 2.29. The van der Waals surface area contributed by atoms with Crippen LogP contribution in [0.3, 0.4) is 0 Å². The fourth-order valence-corrected chi connectivity index (χ4v) is 4.74. The predicted molar refractivity (Wildman–Crippen MR) is 108 cm³/mol. The minimum absolute atomic E-state index is 0.0763. The second-order valence-electron chi connectivity index (χ2n) is 6.63. The standard InChI is InChI=1S/C20H21Cl2NO2S/c1-3-17-12(2)10-18(26-17)20(25)23-8-6-13(7-9-23)19(24)14-4-5-15(21)16(22)11-14/h4-5,10-11,13H,3,6-9H2,1-2H3. The Balaban J connectivity index is 1.63. The summed E-state index contributed by atoms with van der Waals surface area (Å²) in [5, 5.41) is 0.839. The molecule has 26 heavy (non-hydrogen) atoms. The number of Topliss-reactive ketones (excluding diaryl/α,β-unsaturated/α-hetero) is 1. The average Bonchev–Trinajstić information content (AvgIpc) is 3.03. The van der Waals surface area contributed by atoms with E-state index in [0.717, 1.165) is 11.3 Å². The molecular weight excluding hydrogens is 389 g/mol. The number of likely N-dealkylation sites (tertiary alicyclic amines) is 1. The molecule has 0 N–H and O–H groups in total. The molecule has 1 saturated heterocycles. The number of ketones is 1. The Bertz CT molecular complexity index is 838. The lowest BCUT2D eigenvalue weighted by molar-refractivity contribution is 0.0654. The van der Waals surface area contributed by atoms with E-state index in [9.17, 15) is 9.59 Å². The molecule has 3 nitrogen and oxygen atoms in total. The number of halogens is 2. The van der Waals surface area contributed by atoms with Crippen LogP contribution in [0, 0.1) is 12.8 Å². The smallest absolute Gasteiger partial charge is 0.263 e. The van der Waals surface area contributed by atoms with E-state index in [1.54, 1.807) is 29.5 Å². The molecule has 2 heterocycles. The van der Waals surface area contributed by atoms with Crippen molar-refractivity contribution in [2.45, 2.75) is 33.1 Å². The van der Waals surface area contributed by atoms with E-state index in [4.69, 9.17) is 23.2 Å². The van der Waals surface area contributed by atoms with Gasteiger partial charge in [-0.15, -0.1) is 11.3 Å². The van der Waals surface area contributed by atoms with Gasteiger partial charge in [0.1, 0.15) is 0 Å². The molecule has 1 amide bonds. The van der Waals surface area contributed by atoms with Crippen LogP contribution >= 0.6 is 34.5 Å². The van der Waals surface area contributed by atoms with Crippen molar-refractivity contribution in [2.24, 2.45) is 5.92 Å². The van der Waals surface area contributed by atoms with E-state index < -0.39 is 0 Å². The first-order valence-corrected chi connectivity index (χ1v) is 10.4. The first-order chi connectivity index (χ1) is 12.4. The Morgan fingerprint density at radius 2 is 1.85 bits per heavy atom. The van der Waals surface area contributed by atoms with Gasteiger partial charge in [-0.25, -0.2) is 0 Å². The third-order valence-electron chi connectivity index (χ3n) is 4.91. The van der Waals surface area contributed by atoms with Gasteiger partial charge >= 0.3 is 0 Å². The van der Waals surface area contributed by atoms with E-state index in [0.29, 0.717) is 41.5 Å². The quantitative estimate of drug-likeness (QED) is 0.610. The zero-order chi connectivity index (χ0) is 18.8. The molecule has 0 aliphatic carbocycles. The molecule has 0 bridgehead atoms. The molecular formula is C20H21Cl2NO2S. The molecule has 3 rings (SSSR count). The monoisotopic (exact) mass is 409 g/mol. The summed E-state index contributed by atoms with van der Waals surface area (Å²) in [6, 6.07) is 6.98. The van der Waals surface area contributed by atoms with Crippen LogP contribution in [-0.2, 0) is 6.42 Å². The van der Waals surface area contributed by atoms with E-state index in [2.05, 4.69) is 6.92 Å². The van der Waals surface area contributed by atoms with Crippen molar-refractivity contribution < 1.29 is 9.59 Å². The second kappa shape index (κ2) is 8.12. The Hall–Kier alpha value is -1.36. The first-order valence-electron chi connectivity index (χ1n) is 8.78. The number of piperidine rings is 1. The SMILES string of the molecule is CCc1sc(C(=O)N2CCC(C(=O)c3ccc(Cl)c(Cl)c3)CC2)cc1C. The molecule has 0 unspecified atom stereocenters. The van der Waals surface area contributed by atoms with Crippen LogP contribution in [0.4, 0.5) is 0 Å². The Labute approximate surface area is 167 Å². The second-order valence-corrected chi connectivity index (χ2v) is 8.58. The van der Waals surface area contributed by atoms with Crippen molar-refractivity contribution in [3.63, 3.8) is 0 Å². The lowest BCUT2D eigenvalue weighted by Crippen LogP contribution is -2.40. The summed E-state index contributed by atoms with van der Waals surface area (Å²) >= 11 is 13.5. The summed E-state index contributed by atoms with van der Waals surface area (Å²) in [6.07, 6.45) is 2.30. The molecule has 0 radical (unpaired) electrons. The van der Waals surface area contributed by atoms with Gasteiger partial charge in [0.15, 0.2) is 5.78 Å². The van der Waals surface area contributed by atoms with Gasteiger partial charge in [0.25, 0.3) is 5.91 Å². The van der Waals surface area contributed by atoms with E-state index in [1.807, 2.05) is 17.9 Å². The molecule has 1 fully saturated rings. The lowest BCUT2D eigenvalue weighted by atomic mass is 9.89. The normalized spacial score (nSPS) is 15.3. The maximum atomic E-state index is 12.7. The average molecular weight is 410 g/mol. The summed E-state index contributed by atoms with van der Waals surface area (Å²) in [4.78, 5) is 29.3. The van der Waals surface area contributed by atoms with Gasteiger partial charge in [0, 0.05) is 29.4 Å². The number of carbonyl (C=O) groups excluding carboxylic acids is 2. The lowest BCUT2D eigenvalue weighted by Gasteiger charge is -2.31. The predicted octanol–water partition coefficient (Wildman–Crippen LogP) is 5.66. The molecule has 138 valence electrons. The fraction of sp³-hybridized carbons (Fsp3) is 0.400. The maximum Gasteiger partial charge on any atom is 0.263 e. The van der Waals surface area contributed by atoms with E-state index in [1.165, 1.54) is 10.4 Å². The summed E-state index contributed by atoms with van der Waals surface area (Å²) in [5.41, 5.74) is 1.77. The Morgan fingerprint density at radius 1 is 1.15 bits per heavy atom. The van der Waals surface area contributed by atoms with E-state index >= 15 is 0 Å². The molecule has 1 aromatic heterocycles. The minimum atomic E-state index is -0.0763. The van der Waals surface area contributed by atoms with Crippen molar-refractivity contribution in [3.8, 4) is 0 Å². The number of nitrogens with zero attached hydrogens (tertiary/aromatic N) is 1. The number of thiophene rings is 1. The Morgan fingerprint density at radius 3 is 2.42 bits per heavy atom. The van der Waals surface area contributed by atoms with Gasteiger partial charge in [-0.2, -0.15) is 0 Å². The molecule has 0 saturated carbocycles. The van der Waals surface area contributed by atoms with Crippen LogP contribution in [0.5, 0.6) is 0 Å². The van der Waals surface area contributed by atoms with Crippen LogP contribution in [0.25, 0.3) is 0 Å². The van der Waals surface area contributed by atoms with Crippen molar-refractivity contribution in [1.29, 1.82) is 0 Å². The third-order valence-corrected chi connectivity index (χ3v) is 7.02. The number of hydrogen-bond donors (Lipinski definition) is 0. The van der Waals surface area contributed by atoms with Crippen LogP contribution in [0.1, 0.15) is 50.2 Å². The van der Waals surface area contributed by atoms with Crippen molar-refractivity contribution in [1.82, 2.24) is 4.90 Å². The van der Waals surface area contributed by atoms with Crippen LogP contribution in [0.15, 0.2) is 24.3 Å². The van der Waals surface area contributed by atoms with E-state index in [-0.39, 0.29) is 17.6 Å². The minimum Gasteiger partial charge on any atom is -0.338 e. The van der Waals surface area contributed by atoms with Crippen molar-refractivity contribution >= 4 is 46.2 Å². The molecule has 1 aromatic carbocycles. The summed E-state index contributed by atoms with van der Waals surface area (Å²) in [6.45, 7) is 5.37. The summed E-state index contributed by atoms with van der Waals surface area (Å²) in [7, 11) is 0. The summed E-state index contributed by atoms with van der Waals surface area (Å²) < 4.78 is 0. The number of hydrogen-bond acceptors (Lipinski definition) is 3. The highest BCUT2D eigenvalue weighted by atomic mass is 35.5. The topological polar surface area (TPSA) is 37.4 Å². The molecule has 6 heteroatoms. The highest BCUT2D eigenvalue weighted by Gasteiger charge is 2.29.